The van der Waals surface area contributed by atoms with Crippen LogP contribution >= 0.6 is 11.3 Å². The number of allylic oxidation sites excluding steroid dienone is 2. The molecule has 0 radical (unpaired) electrons. The minimum Gasteiger partial charge on any atom is -0.398 e. The van der Waals surface area contributed by atoms with Gasteiger partial charge in [0, 0.05) is 35.8 Å². The zero-order chi connectivity index (χ0) is 21.1. The minimum absolute atomic E-state index is 0.218. The number of alkyl halides is 3. The molecule has 28 heavy (non-hydrogen) atoms. The number of hydrogen-bond acceptors (Lipinski definition) is 4. The molecule has 0 fully saturated rings. The molecule has 154 valence electrons. The number of anilines is 2. The second-order valence-electron chi connectivity index (χ2n) is 7.03. The first-order valence-electron chi connectivity index (χ1n) is 9.04. The average molecular weight is 413 g/mol. The largest absolute Gasteiger partial charge is 0.417 e. The Morgan fingerprint density at radius 2 is 1.86 bits per heavy atom. The lowest BCUT2D eigenvalue weighted by Gasteiger charge is -2.19. The fourth-order valence-electron chi connectivity index (χ4n) is 2.92. The highest BCUT2D eigenvalue weighted by Gasteiger charge is 2.38. The quantitative estimate of drug-likeness (QED) is 0.553. The first kappa shape index (κ1) is 22.3. The topological polar surface area (TPSA) is 38.5 Å². The van der Waals surface area contributed by atoms with Crippen LogP contribution in [-0.2, 0) is 18.0 Å². The van der Waals surface area contributed by atoms with Crippen molar-refractivity contribution in [1.82, 2.24) is 0 Å². The number of nitrogens with two attached hydrogens (primary N) is 1. The van der Waals surface area contributed by atoms with Crippen molar-refractivity contribution < 1.29 is 17.9 Å². The number of halogens is 3. The predicted octanol–water partition coefficient (Wildman–Crippen LogP) is 6.17. The van der Waals surface area contributed by atoms with Crippen molar-refractivity contribution in [2.24, 2.45) is 0 Å². The summed E-state index contributed by atoms with van der Waals surface area (Å²) in [7, 11) is 3.50. The number of nitrogen functional groups attached to an aromatic ring is 1. The third kappa shape index (κ3) is 5.29. The summed E-state index contributed by atoms with van der Waals surface area (Å²) in [6.07, 6.45) is -4.06. The molecule has 7 heteroatoms. The molecular weight excluding hydrogens is 385 g/mol. The van der Waals surface area contributed by atoms with E-state index in [4.69, 9.17) is 10.5 Å². The van der Waals surface area contributed by atoms with Crippen LogP contribution in [0.1, 0.15) is 41.8 Å². The van der Waals surface area contributed by atoms with Gasteiger partial charge in [-0.25, -0.2) is 0 Å². The Morgan fingerprint density at radius 1 is 1.18 bits per heavy atom. The van der Waals surface area contributed by atoms with Crippen LogP contribution in [0.3, 0.4) is 0 Å². The van der Waals surface area contributed by atoms with Crippen molar-refractivity contribution in [3.05, 3.63) is 51.4 Å². The maximum absolute atomic E-state index is 13.7. The van der Waals surface area contributed by atoms with Crippen LogP contribution in [0.5, 0.6) is 0 Å². The van der Waals surface area contributed by atoms with Crippen molar-refractivity contribution in [3.63, 3.8) is 0 Å². The molecule has 0 bridgehead atoms. The van der Waals surface area contributed by atoms with E-state index in [-0.39, 0.29) is 12.2 Å². The molecule has 2 aromatic rings. The highest BCUT2D eigenvalue weighted by molar-refractivity contribution is 7.16. The van der Waals surface area contributed by atoms with Crippen molar-refractivity contribution in [2.45, 2.75) is 46.6 Å². The maximum atomic E-state index is 13.7. The van der Waals surface area contributed by atoms with Gasteiger partial charge in [0.2, 0.25) is 0 Å². The standard InChI is InChI=1S/C21H27F3N2OS/c1-6-14(3)19(21(22,23)24)17-10-16(28-20(17)26(4)5)12-27-11-15-8-7-13(2)9-18(15)25/h7-10H,6,11-12,25H2,1-5H3/b19-14-. The maximum Gasteiger partial charge on any atom is 0.417 e. The lowest BCUT2D eigenvalue weighted by atomic mass is 10.00. The Hall–Kier alpha value is -1.99. The molecule has 0 amide bonds. The number of benzene rings is 1. The van der Waals surface area contributed by atoms with E-state index in [0.717, 1.165) is 16.0 Å². The SMILES string of the molecule is CC/C(C)=C(/c1cc(COCc2ccc(C)cc2N)sc1N(C)C)C(F)(F)F. The number of hydrogen-bond donors (Lipinski definition) is 1. The molecule has 0 aliphatic carbocycles. The van der Waals surface area contributed by atoms with Crippen LogP contribution in [0.15, 0.2) is 29.8 Å². The molecule has 1 heterocycles. The number of ether oxygens (including phenoxy) is 1. The van der Waals surface area contributed by atoms with E-state index in [1.165, 1.54) is 18.3 Å². The smallest absolute Gasteiger partial charge is 0.398 e. The van der Waals surface area contributed by atoms with E-state index in [1.54, 1.807) is 32.0 Å². The van der Waals surface area contributed by atoms with Gasteiger partial charge in [-0.3, -0.25) is 0 Å². The van der Waals surface area contributed by atoms with E-state index in [2.05, 4.69) is 0 Å². The third-order valence-corrected chi connectivity index (χ3v) is 5.76. The Kier molecular flexibility index (Phi) is 7.17. The summed E-state index contributed by atoms with van der Waals surface area (Å²) in [6.45, 7) is 5.78. The van der Waals surface area contributed by atoms with Crippen molar-refractivity contribution in [3.8, 4) is 0 Å². The fourth-order valence-corrected chi connectivity index (χ4v) is 3.94. The van der Waals surface area contributed by atoms with Crippen molar-refractivity contribution >= 4 is 27.6 Å². The molecule has 3 nitrogen and oxygen atoms in total. The molecule has 2 N–H and O–H groups in total. The van der Waals surface area contributed by atoms with Gasteiger partial charge < -0.3 is 15.4 Å². The summed E-state index contributed by atoms with van der Waals surface area (Å²) in [4.78, 5) is 2.46. The molecule has 1 aromatic carbocycles. The number of nitrogens with zero attached hydrogens (tertiary/aromatic N) is 1. The molecule has 0 saturated heterocycles. The van der Waals surface area contributed by atoms with Crippen molar-refractivity contribution in [2.75, 3.05) is 24.7 Å². The van der Waals surface area contributed by atoms with Gasteiger partial charge >= 0.3 is 6.18 Å². The monoisotopic (exact) mass is 412 g/mol. The van der Waals surface area contributed by atoms with E-state index in [1.807, 2.05) is 25.1 Å². The molecule has 0 atom stereocenters. The lowest BCUT2D eigenvalue weighted by molar-refractivity contribution is -0.0694. The highest BCUT2D eigenvalue weighted by atomic mass is 32.1. The van der Waals surface area contributed by atoms with Crippen LogP contribution in [0.4, 0.5) is 23.9 Å². The highest BCUT2D eigenvalue weighted by Crippen LogP contribution is 2.44. The zero-order valence-corrected chi connectivity index (χ0v) is 17.7. The van der Waals surface area contributed by atoms with Gasteiger partial charge in [0.1, 0.15) is 0 Å². The van der Waals surface area contributed by atoms with Gasteiger partial charge in [-0.1, -0.05) is 24.6 Å². The second-order valence-corrected chi connectivity index (χ2v) is 8.14. The molecular formula is C21H27F3N2OS. The first-order chi connectivity index (χ1) is 13.0. The van der Waals surface area contributed by atoms with Gasteiger partial charge in [-0.15, -0.1) is 11.3 Å². The Bertz CT molecular complexity index is 854. The molecule has 0 unspecified atom stereocenters. The summed E-state index contributed by atoms with van der Waals surface area (Å²) < 4.78 is 46.9. The summed E-state index contributed by atoms with van der Waals surface area (Å²) in [5.41, 5.74) is 8.57. The Morgan fingerprint density at radius 3 is 2.39 bits per heavy atom. The summed E-state index contributed by atoms with van der Waals surface area (Å²) in [6, 6.07) is 7.34. The van der Waals surface area contributed by atoms with Gasteiger partial charge in [-0.05, 0) is 38.0 Å². The summed E-state index contributed by atoms with van der Waals surface area (Å²) in [5, 5.41) is 0.577. The van der Waals surface area contributed by atoms with Gasteiger partial charge in [0.25, 0.3) is 0 Å². The Labute approximate surface area is 168 Å². The fraction of sp³-hybridized carbons (Fsp3) is 0.429. The van der Waals surface area contributed by atoms with Crippen LogP contribution in [0.25, 0.3) is 5.57 Å². The van der Waals surface area contributed by atoms with E-state index < -0.39 is 11.7 Å². The van der Waals surface area contributed by atoms with Gasteiger partial charge in [0.05, 0.1) is 23.8 Å². The van der Waals surface area contributed by atoms with Gasteiger partial charge in [-0.2, -0.15) is 13.2 Å². The number of aryl methyl sites for hydroxylation is 1. The first-order valence-corrected chi connectivity index (χ1v) is 9.86. The van der Waals surface area contributed by atoms with Gasteiger partial charge in [0.15, 0.2) is 0 Å². The third-order valence-electron chi connectivity index (χ3n) is 4.48. The Balaban J connectivity index is 2.26. The van der Waals surface area contributed by atoms with E-state index in [0.29, 0.717) is 29.3 Å². The zero-order valence-electron chi connectivity index (χ0n) is 16.9. The second kappa shape index (κ2) is 9.01. The molecule has 0 saturated carbocycles. The number of thiophene rings is 1. The minimum atomic E-state index is -4.40. The molecule has 0 aliphatic heterocycles. The predicted molar refractivity (Wildman–Crippen MR) is 112 cm³/mol. The average Bonchev–Trinajstić information content (AvgIpc) is 2.99. The molecule has 1 aromatic heterocycles. The van der Waals surface area contributed by atoms with Crippen LogP contribution < -0.4 is 10.6 Å². The van der Waals surface area contributed by atoms with Crippen LogP contribution in [0, 0.1) is 6.92 Å². The van der Waals surface area contributed by atoms with Crippen LogP contribution in [-0.4, -0.2) is 20.3 Å². The van der Waals surface area contributed by atoms with E-state index in [9.17, 15) is 13.2 Å². The summed E-state index contributed by atoms with van der Waals surface area (Å²) in [5.74, 6) is 0. The molecule has 2 rings (SSSR count). The normalized spacial score (nSPS) is 12.9. The van der Waals surface area contributed by atoms with Crippen LogP contribution in [0.2, 0.25) is 0 Å². The van der Waals surface area contributed by atoms with Crippen molar-refractivity contribution in [1.29, 1.82) is 0 Å². The molecule has 0 aliphatic rings. The van der Waals surface area contributed by atoms with E-state index >= 15 is 0 Å². The molecule has 0 spiro atoms. The lowest BCUT2D eigenvalue weighted by Crippen LogP contribution is -2.16. The summed E-state index contributed by atoms with van der Waals surface area (Å²) >= 11 is 1.32. The number of rotatable bonds is 7.